The molecule has 0 saturated heterocycles. The van der Waals surface area contributed by atoms with Crippen molar-refractivity contribution >= 4 is 33.3 Å². The smallest absolute Gasteiger partial charge is 0.172 e. The summed E-state index contributed by atoms with van der Waals surface area (Å²) in [4.78, 5) is 0. The Morgan fingerprint density at radius 2 is 2.43 bits per heavy atom. The van der Waals surface area contributed by atoms with E-state index in [0.717, 1.165) is 0 Å². The lowest BCUT2D eigenvalue weighted by Gasteiger charge is -2.08. The molecule has 0 spiro atoms. The summed E-state index contributed by atoms with van der Waals surface area (Å²) in [5.74, 6) is 0. The van der Waals surface area contributed by atoms with Crippen molar-refractivity contribution < 1.29 is 0 Å². The van der Waals surface area contributed by atoms with Crippen LogP contribution in [0.4, 0.5) is 0 Å². The van der Waals surface area contributed by atoms with E-state index >= 15 is 0 Å². The van der Waals surface area contributed by atoms with Gasteiger partial charge < -0.3 is 4.57 Å². The van der Waals surface area contributed by atoms with Crippen LogP contribution in [0.2, 0.25) is 0 Å². The van der Waals surface area contributed by atoms with Crippen molar-refractivity contribution in [2.24, 2.45) is 0 Å². The van der Waals surface area contributed by atoms with Crippen molar-refractivity contribution in [1.29, 1.82) is 0 Å². The van der Waals surface area contributed by atoms with Crippen LogP contribution in [0.15, 0.2) is 0 Å². The Balaban J connectivity index is 2.83. The van der Waals surface area contributed by atoms with Crippen LogP contribution in [0.25, 0.3) is 0 Å². The Hall–Kier alpha value is 1.01. The predicted octanol–water partition coefficient (Wildman–Crippen LogP) is 0.980. The summed E-state index contributed by atoms with van der Waals surface area (Å²) < 4.78 is 2.36. The molecule has 7 heavy (non-hydrogen) atoms. The van der Waals surface area contributed by atoms with Gasteiger partial charge in [0.15, 0.2) is 8.83 Å². The third-order valence-corrected chi connectivity index (χ3v) is 5.25. The zero-order valence-electron chi connectivity index (χ0n) is 4.65. The van der Waals surface area contributed by atoms with Crippen molar-refractivity contribution in [3.8, 4) is 0 Å². The van der Waals surface area contributed by atoms with Crippen molar-refractivity contribution in [2.45, 2.75) is 6.92 Å². The summed E-state index contributed by atoms with van der Waals surface area (Å²) >= 11 is 3.33. The highest BCUT2D eigenvalue weighted by molar-refractivity contribution is 9.53. The maximum Gasteiger partial charge on any atom is 0.172 e. The minimum absolute atomic E-state index is 0.0127. The van der Waals surface area contributed by atoms with E-state index in [9.17, 15) is 0 Å². The SMILES string of the molecule is CCN(C)[SiH2]SBr. The Morgan fingerprint density at radius 3 is 2.57 bits per heavy atom. The van der Waals surface area contributed by atoms with Gasteiger partial charge >= 0.3 is 0 Å². The first kappa shape index (κ1) is 8.01. The molecule has 0 rings (SSSR count). The van der Waals surface area contributed by atoms with Crippen LogP contribution in [0, 0.1) is 0 Å². The Bertz CT molecular complexity index is 45.9. The number of hydrogen-bond acceptors (Lipinski definition) is 2. The van der Waals surface area contributed by atoms with E-state index in [4.69, 9.17) is 0 Å². The number of halogens is 1. The van der Waals surface area contributed by atoms with E-state index in [0.29, 0.717) is 0 Å². The van der Waals surface area contributed by atoms with Gasteiger partial charge in [-0.05, 0) is 28.4 Å². The molecule has 0 bridgehead atoms. The fourth-order valence-corrected chi connectivity index (χ4v) is 4.72. The van der Waals surface area contributed by atoms with E-state index in [2.05, 4.69) is 33.3 Å². The second-order valence-corrected chi connectivity index (χ2v) is 8.52. The molecule has 1 nitrogen and oxygen atoms in total. The molecule has 0 amide bonds. The first-order valence-corrected chi connectivity index (χ1v) is 7.42. The maximum absolute atomic E-state index is 3.33. The highest BCUT2D eigenvalue weighted by atomic mass is 79.9. The lowest BCUT2D eigenvalue weighted by Crippen LogP contribution is -2.18. The van der Waals surface area contributed by atoms with Crippen molar-refractivity contribution in [3.63, 3.8) is 0 Å². The molecule has 0 aromatic rings. The zero-order valence-corrected chi connectivity index (χ0v) is 8.46. The topological polar surface area (TPSA) is 3.24 Å². The Labute approximate surface area is 58.6 Å². The first-order chi connectivity index (χ1) is 3.31. The van der Waals surface area contributed by atoms with Crippen molar-refractivity contribution in [3.05, 3.63) is 0 Å². The molecule has 0 unspecified atom stereocenters. The summed E-state index contributed by atoms with van der Waals surface area (Å²) in [6, 6.07) is 0. The summed E-state index contributed by atoms with van der Waals surface area (Å²) in [6.45, 7) is 3.36. The molecule has 0 aliphatic heterocycles. The van der Waals surface area contributed by atoms with Crippen LogP contribution in [0.1, 0.15) is 6.92 Å². The molecule has 44 valence electrons. The average Bonchev–Trinajstić information content (AvgIpc) is 1.68. The number of nitrogens with zero attached hydrogens (tertiary/aromatic N) is 1. The molecule has 0 aliphatic carbocycles. The van der Waals surface area contributed by atoms with E-state index in [1.54, 1.807) is 0 Å². The van der Waals surface area contributed by atoms with Gasteiger partial charge in [-0.3, -0.25) is 0 Å². The number of rotatable bonds is 3. The molecule has 0 saturated carbocycles. The van der Waals surface area contributed by atoms with Crippen molar-refractivity contribution in [1.82, 2.24) is 4.57 Å². The van der Waals surface area contributed by atoms with E-state index in [1.165, 1.54) is 6.54 Å². The normalized spacial score (nSPS) is 12.0. The molecule has 4 heteroatoms. The molecule has 0 aliphatic rings. The summed E-state index contributed by atoms with van der Waals surface area (Å²) in [5.41, 5.74) is 0. The van der Waals surface area contributed by atoms with Crippen LogP contribution in [-0.4, -0.2) is 27.0 Å². The minimum Gasteiger partial charge on any atom is -0.323 e. The van der Waals surface area contributed by atoms with Gasteiger partial charge in [-0.15, -0.1) is 0 Å². The zero-order chi connectivity index (χ0) is 5.70. The molecule has 0 fully saturated rings. The molecule has 0 heterocycles. The molecule has 0 N–H and O–H groups in total. The van der Waals surface area contributed by atoms with E-state index < -0.39 is 0 Å². The largest absolute Gasteiger partial charge is 0.323 e. The average molecular weight is 200 g/mol. The maximum atomic E-state index is 3.33. The highest BCUT2D eigenvalue weighted by Crippen LogP contribution is 2.06. The molecular formula is C3H10BrNSSi. The van der Waals surface area contributed by atoms with Gasteiger partial charge in [-0.25, -0.2) is 0 Å². The molecule has 0 atom stereocenters. The van der Waals surface area contributed by atoms with Gasteiger partial charge in [0.05, 0.1) is 0 Å². The van der Waals surface area contributed by atoms with Gasteiger partial charge in [0, 0.05) is 0 Å². The molecule has 0 radical (unpaired) electrons. The quantitative estimate of drug-likeness (QED) is 0.625. The van der Waals surface area contributed by atoms with Crippen molar-refractivity contribution in [2.75, 3.05) is 13.6 Å². The van der Waals surface area contributed by atoms with E-state index in [-0.39, 0.29) is 8.83 Å². The summed E-state index contributed by atoms with van der Waals surface area (Å²) in [6.07, 6.45) is 0. The minimum atomic E-state index is 0.0127. The third-order valence-electron chi connectivity index (χ3n) is 0.809. The predicted molar refractivity (Wildman–Crippen MR) is 43.4 cm³/mol. The van der Waals surface area contributed by atoms with Gasteiger partial charge in [0.25, 0.3) is 0 Å². The monoisotopic (exact) mass is 199 g/mol. The first-order valence-electron chi connectivity index (χ1n) is 2.23. The van der Waals surface area contributed by atoms with Crippen LogP contribution in [0.5, 0.6) is 0 Å². The molecule has 0 aromatic carbocycles. The Kier molecular flexibility index (Phi) is 5.89. The second kappa shape index (κ2) is 5.15. The Morgan fingerprint density at radius 1 is 1.86 bits per heavy atom. The van der Waals surface area contributed by atoms with Crippen LogP contribution < -0.4 is 0 Å². The summed E-state index contributed by atoms with van der Waals surface area (Å²) in [5, 5.41) is 0. The second-order valence-electron chi connectivity index (χ2n) is 1.41. The fourth-order valence-electron chi connectivity index (χ4n) is 0.175. The number of hydrogen-bond donors (Lipinski definition) is 0. The van der Waals surface area contributed by atoms with Crippen LogP contribution in [0.3, 0.4) is 0 Å². The van der Waals surface area contributed by atoms with Gasteiger partial charge in [0.2, 0.25) is 0 Å². The van der Waals surface area contributed by atoms with E-state index in [1.807, 2.05) is 9.64 Å². The molecular weight excluding hydrogens is 190 g/mol. The van der Waals surface area contributed by atoms with Crippen LogP contribution in [-0.2, 0) is 0 Å². The van der Waals surface area contributed by atoms with Gasteiger partial charge in [-0.1, -0.05) is 16.6 Å². The van der Waals surface area contributed by atoms with Gasteiger partial charge in [0.1, 0.15) is 0 Å². The lowest BCUT2D eigenvalue weighted by atomic mass is 10.8. The van der Waals surface area contributed by atoms with Gasteiger partial charge in [-0.2, -0.15) is 0 Å². The lowest BCUT2D eigenvalue weighted by molar-refractivity contribution is 0.578. The third kappa shape index (κ3) is 4.87. The molecule has 0 aromatic heterocycles. The summed E-state index contributed by atoms with van der Waals surface area (Å²) in [7, 11) is 3.98. The fraction of sp³-hybridized carbons (Fsp3) is 1.00. The van der Waals surface area contributed by atoms with Crippen LogP contribution >= 0.6 is 24.5 Å². The standard InChI is InChI=1S/C3H10BrNSSi/c1-3-5(2)7-6-4/h3,7H2,1-2H3. The highest BCUT2D eigenvalue weighted by Gasteiger charge is 1.89.